The molecule has 0 radical (unpaired) electrons. The molecule has 0 aliphatic carbocycles. The molecule has 0 heterocycles. The molecule has 1 N–H and O–H groups in total. The Balaban J connectivity index is 1.80. The number of rotatable bonds is 13. The van der Waals surface area contributed by atoms with Gasteiger partial charge in [0.05, 0.1) is 20.6 Å². The third-order valence-corrected chi connectivity index (χ3v) is 10.3. The Kier molecular flexibility index (Phi) is 12.3. The van der Waals surface area contributed by atoms with E-state index in [1.54, 1.807) is 60.7 Å². The zero-order valence-electron chi connectivity index (χ0n) is 24.9. The van der Waals surface area contributed by atoms with Crippen molar-refractivity contribution in [2.75, 3.05) is 17.4 Å². The van der Waals surface area contributed by atoms with Gasteiger partial charge in [-0.1, -0.05) is 91.6 Å². The molecule has 1 unspecified atom stereocenters. The van der Waals surface area contributed by atoms with Crippen molar-refractivity contribution in [3.05, 3.63) is 128 Å². The highest BCUT2D eigenvalue weighted by Gasteiger charge is 2.34. The average Bonchev–Trinajstić information content (AvgIpc) is 3.03. The maximum atomic E-state index is 14.5. The number of carbonyl (C=O) groups excluding carboxylic acids is 2. The van der Waals surface area contributed by atoms with E-state index in [9.17, 15) is 18.0 Å². The fourth-order valence-electron chi connectivity index (χ4n) is 4.67. The van der Waals surface area contributed by atoms with Crippen molar-refractivity contribution in [3.8, 4) is 0 Å². The summed E-state index contributed by atoms with van der Waals surface area (Å²) in [6.07, 6.45) is 0.215. The summed E-state index contributed by atoms with van der Waals surface area (Å²) in [7, 11) is -4.16. The molecule has 0 saturated heterocycles. The molecule has 1 atom stereocenters. The van der Waals surface area contributed by atoms with Gasteiger partial charge in [-0.3, -0.25) is 13.9 Å². The number of carbonyl (C=O) groups is 2. The SMILES string of the molecule is CC(C)CNC(=O)C(Cc1ccccc1)N(Cc1ccc(Cl)c(Cl)c1)C(=O)CN(c1ccc(I)cc1)S(=O)(=O)c1ccccc1. The number of halogens is 3. The minimum absolute atomic E-state index is 0.00572. The zero-order chi connectivity index (χ0) is 32.6. The first kappa shape index (κ1) is 34.7. The normalized spacial score (nSPS) is 12.0. The van der Waals surface area contributed by atoms with Crippen LogP contribution in [0.3, 0.4) is 0 Å². The van der Waals surface area contributed by atoms with Crippen LogP contribution in [-0.2, 0) is 32.6 Å². The molecule has 4 rings (SSSR count). The van der Waals surface area contributed by atoms with Crippen LogP contribution < -0.4 is 9.62 Å². The number of hydrogen-bond acceptors (Lipinski definition) is 4. The van der Waals surface area contributed by atoms with E-state index in [-0.39, 0.29) is 29.7 Å². The maximum Gasteiger partial charge on any atom is 0.264 e. The molecule has 0 aliphatic rings. The minimum atomic E-state index is -4.16. The standard InChI is InChI=1S/C34H34Cl2IN3O4S/c1-24(2)21-38-34(42)32(20-25-9-5-3-6-10-25)39(22-26-13-18-30(35)31(36)19-26)33(41)23-40(28-16-14-27(37)15-17-28)45(43,44)29-11-7-4-8-12-29/h3-19,24,32H,20-23H2,1-2H3,(H,38,42). The van der Waals surface area contributed by atoms with Gasteiger partial charge in [0.25, 0.3) is 10.0 Å². The summed E-state index contributed by atoms with van der Waals surface area (Å²) >= 11 is 14.6. The fourth-order valence-corrected chi connectivity index (χ4v) is 6.78. The van der Waals surface area contributed by atoms with Gasteiger partial charge in [0.2, 0.25) is 11.8 Å². The van der Waals surface area contributed by atoms with Gasteiger partial charge >= 0.3 is 0 Å². The van der Waals surface area contributed by atoms with E-state index < -0.39 is 28.5 Å². The quantitative estimate of drug-likeness (QED) is 0.146. The van der Waals surface area contributed by atoms with Gasteiger partial charge in [-0.05, 0) is 88.2 Å². The van der Waals surface area contributed by atoms with Gasteiger partial charge in [-0.2, -0.15) is 0 Å². The van der Waals surface area contributed by atoms with Gasteiger partial charge in [0.15, 0.2) is 0 Å². The van der Waals surface area contributed by atoms with Crippen LogP contribution in [0.4, 0.5) is 5.69 Å². The number of sulfonamides is 1. The summed E-state index contributed by atoms with van der Waals surface area (Å²) in [5, 5.41) is 3.64. The van der Waals surface area contributed by atoms with Crippen molar-refractivity contribution in [2.24, 2.45) is 5.92 Å². The van der Waals surface area contributed by atoms with Crippen LogP contribution in [0.5, 0.6) is 0 Å². The van der Waals surface area contributed by atoms with Crippen molar-refractivity contribution in [1.29, 1.82) is 0 Å². The zero-order valence-corrected chi connectivity index (χ0v) is 29.4. The predicted molar refractivity (Wildman–Crippen MR) is 189 cm³/mol. The minimum Gasteiger partial charge on any atom is -0.354 e. The van der Waals surface area contributed by atoms with Crippen molar-refractivity contribution >= 4 is 73.3 Å². The molecule has 4 aromatic carbocycles. The highest BCUT2D eigenvalue weighted by atomic mass is 127. The smallest absolute Gasteiger partial charge is 0.264 e. The van der Waals surface area contributed by atoms with Crippen LogP contribution in [0.25, 0.3) is 0 Å². The molecule has 0 fully saturated rings. The first-order valence-electron chi connectivity index (χ1n) is 14.3. The highest BCUT2D eigenvalue weighted by Crippen LogP contribution is 2.27. The molecule has 236 valence electrons. The first-order valence-corrected chi connectivity index (χ1v) is 17.6. The second-order valence-electron chi connectivity index (χ2n) is 10.9. The molecule has 0 aromatic heterocycles. The summed E-state index contributed by atoms with van der Waals surface area (Å²) in [5.41, 5.74) is 1.81. The van der Waals surface area contributed by atoms with Crippen molar-refractivity contribution in [2.45, 2.75) is 37.8 Å². The average molecular weight is 779 g/mol. The molecule has 2 amide bonds. The van der Waals surface area contributed by atoms with E-state index in [0.29, 0.717) is 27.8 Å². The molecule has 0 aliphatic heterocycles. The number of benzene rings is 4. The Morgan fingerprint density at radius 2 is 1.44 bits per heavy atom. The summed E-state index contributed by atoms with van der Waals surface area (Å²) in [5.74, 6) is -0.717. The van der Waals surface area contributed by atoms with Crippen LogP contribution >= 0.6 is 45.8 Å². The lowest BCUT2D eigenvalue weighted by Gasteiger charge is -2.34. The van der Waals surface area contributed by atoms with E-state index in [2.05, 4.69) is 27.9 Å². The van der Waals surface area contributed by atoms with Crippen LogP contribution in [0.15, 0.2) is 108 Å². The molecular weight excluding hydrogens is 744 g/mol. The van der Waals surface area contributed by atoms with Gasteiger partial charge in [0.1, 0.15) is 12.6 Å². The molecule has 0 saturated carbocycles. The lowest BCUT2D eigenvalue weighted by molar-refractivity contribution is -0.140. The Labute approximate surface area is 288 Å². The molecular formula is C34H34Cl2IN3O4S. The third-order valence-electron chi connectivity index (χ3n) is 7.02. The number of nitrogens with one attached hydrogen (secondary N) is 1. The molecule has 7 nitrogen and oxygen atoms in total. The van der Waals surface area contributed by atoms with E-state index in [0.717, 1.165) is 13.4 Å². The van der Waals surface area contributed by atoms with Crippen molar-refractivity contribution in [3.63, 3.8) is 0 Å². The molecule has 4 aromatic rings. The first-order chi connectivity index (χ1) is 21.5. The second-order valence-corrected chi connectivity index (χ2v) is 14.8. The molecule has 11 heteroatoms. The lowest BCUT2D eigenvalue weighted by atomic mass is 10.0. The summed E-state index contributed by atoms with van der Waals surface area (Å²) in [6.45, 7) is 3.84. The summed E-state index contributed by atoms with van der Waals surface area (Å²) < 4.78 is 30.1. The molecule has 0 spiro atoms. The number of amides is 2. The van der Waals surface area contributed by atoms with Crippen molar-refractivity contribution in [1.82, 2.24) is 10.2 Å². The molecule has 45 heavy (non-hydrogen) atoms. The number of hydrogen-bond donors (Lipinski definition) is 1. The Bertz CT molecular complexity index is 1710. The topological polar surface area (TPSA) is 86.8 Å². The monoisotopic (exact) mass is 777 g/mol. The Morgan fingerprint density at radius 1 is 0.822 bits per heavy atom. The highest BCUT2D eigenvalue weighted by molar-refractivity contribution is 14.1. The second kappa shape index (κ2) is 15.9. The van der Waals surface area contributed by atoms with E-state index >= 15 is 0 Å². The van der Waals surface area contributed by atoms with Gasteiger partial charge in [-0.25, -0.2) is 8.42 Å². The van der Waals surface area contributed by atoms with Gasteiger partial charge in [0, 0.05) is 23.1 Å². The summed E-state index contributed by atoms with van der Waals surface area (Å²) in [6, 6.07) is 28.3. The van der Waals surface area contributed by atoms with E-state index in [1.165, 1.54) is 17.0 Å². The van der Waals surface area contributed by atoms with Gasteiger partial charge in [-0.15, -0.1) is 0 Å². The Hall–Kier alpha value is -3.12. The van der Waals surface area contributed by atoms with Crippen LogP contribution in [0, 0.1) is 9.49 Å². The largest absolute Gasteiger partial charge is 0.354 e. The van der Waals surface area contributed by atoms with Crippen LogP contribution in [0.1, 0.15) is 25.0 Å². The molecule has 0 bridgehead atoms. The van der Waals surface area contributed by atoms with E-state index in [1.807, 2.05) is 44.2 Å². The van der Waals surface area contributed by atoms with Crippen molar-refractivity contribution < 1.29 is 18.0 Å². The Morgan fingerprint density at radius 3 is 2.04 bits per heavy atom. The number of anilines is 1. The van der Waals surface area contributed by atoms with Crippen LogP contribution in [0.2, 0.25) is 10.0 Å². The number of nitrogens with zero attached hydrogens (tertiary/aromatic N) is 2. The predicted octanol–water partition coefficient (Wildman–Crippen LogP) is 7.21. The van der Waals surface area contributed by atoms with Crippen LogP contribution in [-0.4, -0.2) is 44.3 Å². The third kappa shape index (κ3) is 9.45. The van der Waals surface area contributed by atoms with E-state index in [4.69, 9.17) is 23.2 Å². The summed E-state index contributed by atoms with van der Waals surface area (Å²) in [4.78, 5) is 29.8. The lowest BCUT2D eigenvalue weighted by Crippen LogP contribution is -2.53. The fraction of sp³-hybridized carbons (Fsp3) is 0.235. The maximum absolute atomic E-state index is 14.5. The van der Waals surface area contributed by atoms with Gasteiger partial charge < -0.3 is 10.2 Å².